The van der Waals surface area contributed by atoms with E-state index in [1.807, 2.05) is 36.0 Å². The molecule has 1 saturated heterocycles. The fourth-order valence-electron chi connectivity index (χ4n) is 2.74. The van der Waals surface area contributed by atoms with Gasteiger partial charge in [-0.15, -0.1) is 0 Å². The molecule has 1 N–H and O–H groups in total. The van der Waals surface area contributed by atoms with Crippen LogP contribution in [-0.2, 0) is 0 Å². The number of ether oxygens (including phenoxy) is 1. The maximum atomic E-state index is 10.2. The smallest absolute Gasteiger partial charge is 0.125 e. The molecule has 2 heterocycles. The minimum absolute atomic E-state index is 0.127. The Balaban J connectivity index is 1.95. The second-order valence-electron chi connectivity index (χ2n) is 4.87. The molecule has 1 spiro atoms. The second kappa shape index (κ2) is 3.67. The Labute approximate surface area is 100 Å². The quantitative estimate of drug-likeness (QED) is 0.751. The highest BCUT2D eigenvalue weighted by molar-refractivity contribution is 8.00. The number of hydrogen-bond donors (Lipinski definition) is 1. The molecule has 3 heteroatoms. The zero-order valence-corrected chi connectivity index (χ0v) is 10.2. The molecular formula is C13H16O2S. The standard InChI is InChI=1S/C13H16O2S/c1-9-6-13(8-16-9)7-11(14)10-4-2-3-5-12(10)15-13/h2-5,9,11,14H,6-8H2,1H3/t9?,11-,13?/m1/s1. The molecule has 0 bridgehead atoms. The number of rotatable bonds is 0. The van der Waals surface area contributed by atoms with Crippen LogP contribution in [0.4, 0.5) is 0 Å². The molecule has 16 heavy (non-hydrogen) atoms. The lowest BCUT2D eigenvalue weighted by Gasteiger charge is -2.37. The molecule has 3 rings (SSSR count). The van der Waals surface area contributed by atoms with Crippen molar-refractivity contribution in [2.24, 2.45) is 0 Å². The minimum Gasteiger partial charge on any atom is -0.486 e. The fourth-order valence-corrected chi connectivity index (χ4v) is 4.04. The second-order valence-corrected chi connectivity index (χ2v) is 6.30. The zero-order valence-electron chi connectivity index (χ0n) is 9.35. The van der Waals surface area contributed by atoms with Gasteiger partial charge in [0.15, 0.2) is 0 Å². The molecule has 0 aliphatic carbocycles. The summed E-state index contributed by atoms with van der Waals surface area (Å²) in [6, 6.07) is 7.84. The lowest BCUT2D eigenvalue weighted by atomic mass is 9.87. The van der Waals surface area contributed by atoms with E-state index in [0.717, 1.165) is 29.9 Å². The van der Waals surface area contributed by atoms with Crippen LogP contribution in [0, 0.1) is 0 Å². The summed E-state index contributed by atoms with van der Waals surface area (Å²) >= 11 is 1.94. The third-order valence-electron chi connectivity index (χ3n) is 3.46. The number of para-hydroxylation sites is 1. The largest absolute Gasteiger partial charge is 0.486 e. The molecule has 1 aromatic rings. The van der Waals surface area contributed by atoms with Crippen LogP contribution in [-0.4, -0.2) is 21.7 Å². The summed E-state index contributed by atoms with van der Waals surface area (Å²) in [6.07, 6.45) is 1.42. The summed E-state index contributed by atoms with van der Waals surface area (Å²) in [5.74, 6) is 1.87. The van der Waals surface area contributed by atoms with E-state index >= 15 is 0 Å². The first-order valence-corrected chi connectivity index (χ1v) is 6.81. The first-order chi connectivity index (χ1) is 7.69. The fraction of sp³-hybridized carbons (Fsp3) is 0.538. The molecule has 0 amide bonds. The summed E-state index contributed by atoms with van der Waals surface area (Å²) in [7, 11) is 0. The van der Waals surface area contributed by atoms with E-state index in [9.17, 15) is 5.11 Å². The van der Waals surface area contributed by atoms with Crippen LogP contribution in [0.1, 0.15) is 31.4 Å². The Morgan fingerprint density at radius 3 is 2.94 bits per heavy atom. The average Bonchev–Trinajstić information content (AvgIpc) is 2.59. The number of hydrogen-bond acceptors (Lipinski definition) is 3. The average molecular weight is 236 g/mol. The summed E-state index contributed by atoms with van der Waals surface area (Å²) in [5, 5.41) is 10.8. The third-order valence-corrected chi connectivity index (χ3v) is 4.89. The molecule has 2 nitrogen and oxygen atoms in total. The van der Waals surface area contributed by atoms with Crippen LogP contribution in [0.5, 0.6) is 5.75 Å². The van der Waals surface area contributed by atoms with E-state index in [1.165, 1.54) is 0 Å². The van der Waals surface area contributed by atoms with Crippen molar-refractivity contribution in [1.29, 1.82) is 0 Å². The summed E-state index contributed by atoms with van der Waals surface area (Å²) in [5.41, 5.74) is 0.815. The molecule has 2 unspecified atom stereocenters. The van der Waals surface area contributed by atoms with Gasteiger partial charge in [0.2, 0.25) is 0 Å². The predicted octanol–water partition coefficient (Wildman–Crippen LogP) is 2.77. The SMILES string of the molecule is CC1CC2(CS1)C[C@@H](O)c1ccccc1O2. The Bertz CT molecular complexity index is 407. The molecule has 0 radical (unpaired) electrons. The molecular weight excluding hydrogens is 220 g/mol. The molecule has 0 saturated carbocycles. The van der Waals surface area contributed by atoms with E-state index in [0.29, 0.717) is 5.25 Å². The van der Waals surface area contributed by atoms with Gasteiger partial charge in [-0.2, -0.15) is 11.8 Å². The van der Waals surface area contributed by atoms with Crippen LogP contribution in [0.15, 0.2) is 24.3 Å². The molecule has 86 valence electrons. The summed E-state index contributed by atoms with van der Waals surface area (Å²) < 4.78 is 6.14. The van der Waals surface area contributed by atoms with Crippen LogP contribution in [0.2, 0.25) is 0 Å². The molecule has 1 fully saturated rings. The van der Waals surface area contributed by atoms with Gasteiger partial charge in [-0.3, -0.25) is 0 Å². The third kappa shape index (κ3) is 1.62. The number of fused-ring (bicyclic) bond motifs is 1. The van der Waals surface area contributed by atoms with Gasteiger partial charge < -0.3 is 9.84 Å². The van der Waals surface area contributed by atoms with Crippen LogP contribution < -0.4 is 4.74 Å². The summed E-state index contributed by atoms with van der Waals surface area (Å²) in [6.45, 7) is 2.23. The molecule has 3 atom stereocenters. The Morgan fingerprint density at radius 1 is 1.38 bits per heavy atom. The topological polar surface area (TPSA) is 29.5 Å². The van der Waals surface area contributed by atoms with Crippen LogP contribution in [0.25, 0.3) is 0 Å². The van der Waals surface area contributed by atoms with Crippen molar-refractivity contribution < 1.29 is 9.84 Å². The number of aliphatic hydroxyl groups excluding tert-OH is 1. The normalized spacial score (nSPS) is 37.1. The Hall–Kier alpha value is -0.670. The van der Waals surface area contributed by atoms with Gasteiger partial charge in [-0.25, -0.2) is 0 Å². The monoisotopic (exact) mass is 236 g/mol. The van der Waals surface area contributed by atoms with E-state index in [2.05, 4.69) is 6.92 Å². The lowest BCUT2D eigenvalue weighted by Crippen LogP contribution is -2.41. The van der Waals surface area contributed by atoms with Gasteiger partial charge >= 0.3 is 0 Å². The van der Waals surface area contributed by atoms with Gasteiger partial charge in [-0.1, -0.05) is 25.1 Å². The molecule has 2 aliphatic rings. The number of benzene rings is 1. The van der Waals surface area contributed by atoms with Gasteiger partial charge in [0.05, 0.1) is 6.10 Å². The predicted molar refractivity (Wildman–Crippen MR) is 65.9 cm³/mol. The number of aliphatic hydroxyl groups is 1. The van der Waals surface area contributed by atoms with Crippen molar-refractivity contribution in [2.75, 3.05) is 5.75 Å². The van der Waals surface area contributed by atoms with Crippen molar-refractivity contribution in [2.45, 2.75) is 36.7 Å². The van der Waals surface area contributed by atoms with E-state index in [4.69, 9.17) is 4.74 Å². The first-order valence-electron chi connectivity index (χ1n) is 5.76. The van der Waals surface area contributed by atoms with Crippen LogP contribution >= 0.6 is 11.8 Å². The zero-order chi connectivity index (χ0) is 11.2. The van der Waals surface area contributed by atoms with E-state index in [-0.39, 0.29) is 11.7 Å². The molecule has 0 aromatic heterocycles. The Morgan fingerprint density at radius 2 is 2.19 bits per heavy atom. The van der Waals surface area contributed by atoms with Crippen molar-refractivity contribution in [3.8, 4) is 5.75 Å². The number of thioether (sulfide) groups is 1. The van der Waals surface area contributed by atoms with E-state index in [1.54, 1.807) is 0 Å². The maximum Gasteiger partial charge on any atom is 0.125 e. The highest BCUT2D eigenvalue weighted by Gasteiger charge is 2.45. The first kappa shape index (κ1) is 10.5. The highest BCUT2D eigenvalue weighted by Crippen LogP contribution is 2.47. The van der Waals surface area contributed by atoms with Crippen molar-refractivity contribution >= 4 is 11.8 Å². The van der Waals surface area contributed by atoms with Gasteiger partial charge in [0.1, 0.15) is 11.4 Å². The maximum absolute atomic E-state index is 10.2. The van der Waals surface area contributed by atoms with Gasteiger partial charge in [-0.05, 0) is 12.5 Å². The molecule has 2 aliphatic heterocycles. The lowest BCUT2D eigenvalue weighted by molar-refractivity contribution is 0.00153. The van der Waals surface area contributed by atoms with Gasteiger partial charge in [0.25, 0.3) is 0 Å². The summed E-state index contributed by atoms with van der Waals surface area (Å²) in [4.78, 5) is 0. The van der Waals surface area contributed by atoms with E-state index < -0.39 is 0 Å². The highest BCUT2D eigenvalue weighted by atomic mass is 32.2. The molecule has 1 aromatic carbocycles. The van der Waals surface area contributed by atoms with Gasteiger partial charge in [0, 0.05) is 23.0 Å². The van der Waals surface area contributed by atoms with Crippen molar-refractivity contribution in [3.63, 3.8) is 0 Å². The van der Waals surface area contributed by atoms with Crippen molar-refractivity contribution in [1.82, 2.24) is 0 Å². The Kier molecular flexibility index (Phi) is 2.41. The minimum atomic E-state index is -0.365. The van der Waals surface area contributed by atoms with Crippen molar-refractivity contribution in [3.05, 3.63) is 29.8 Å². The van der Waals surface area contributed by atoms with Crippen LogP contribution in [0.3, 0.4) is 0 Å².